The fourth-order valence-corrected chi connectivity index (χ4v) is 1.67. The average Bonchev–Trinajstić information content (AvgIpc) is 2.11. The summed E-state index contributed by atoms with van der Waals surface area (Å²) in [5, 5.41) is 9.90. The van der Waals surface area contributed by atoms with Crippen molar-refractivity contribution in [1.29, 1.82) is 0 Å². The van der Waals surface area contributed by atoms with Crippen LogP contribution in [-0.4, -0.2) is 48.1 Å². The summed E-state index contributed by atoms with van der Waals surface area (Å²) in [6, 6.07) is 1.97. The molecule has 1 heterocycles. The minimum atomic E-state index is 0.316. The molecule has 0 aromatic carbocycles. The highest BCUT2D eigenvalue weighted by atomic mass is 16.3. The Labute approximate surface area is 97.5 Å². The van der Waals surface area contributed by atoms with Gasteiger partial charge >= 0.3 is 0 Å². The first-order chi connectivity index (χ1) is 7.40. The summed E-state index contributed by atoms with van der Waals surface area (Å²) in [5.74, 6) is 0.316. The topological polar surface area (TPSA) is 39.6 Å². The second kappa shape index (κ2) is 5.27. The number of hydrogen-bond acceptors (Lipinski definition) is 4. The van der Waals surface area contributed by atoms with Crippen LogP contribution in [0.1, 0.15) is 17.0 Å². The van der Waals surface area contributed by atoms with E-state index in [4.69, 9.17) is 0 Å². The van der Waals surface area contributed by atoms with Gasteiger partial charge < -0.3 is 14.9 Å². The molecule has 4 nitrogen and oxygen atoms in total. The van der Waals surface area contributed by atoms with E-state index in [1.54, 1.807) is 0 Å². The third-order valence-corrected chi connectivity index (χ3v) is 2.26. The first-order valence-corrected chi connectivity index (χ1v) is 5.38. The zero-order chi connectivity index (χ0) is 12.3. The Morgan fingerprint density at radius 1 is 1.12 bits per heavy atom. The van der Waals surface area contributed by atoms with E-state index in [0.717, 1.165) is 24.3 Å². The van der Waals surface area contributed by atoms with Crippen LogP contribution in [0.3, 0.4) is 0 Å². The largest absolute Gasteiger partial charge is 0.506 e. The molecule has 1 aromatic heterocycles. The number of hydrogen-bond donors (Lipinski definition) is 1. The van der Waals surface area contributed by atoms with Gasteiger partial charge in [-0.3, -0.25) is 4.98 Å². The van der Waals surface area contributed by atoms with Crippen LogP contribution in [-0.2, 0) is 13.1 Å². The molecule has 0 fully saturated rings. The first-order valence-electron chi connectivity index (χ1n) is 5.38. The van der Waals surface area contributed by atoms with Crippen molar-refractivity contribution in [3.8, 4) is 5.75 Å². The molecule has 90 valence electrons. The predicted molar refractivity (Wildman–Crippen MR) is 65.4 cm³/mol. The average molecular weight is 223 g/mol. The van der Waals surface area contributed by atoms with Crippen molar-refractivity contribution in [2.45, 2.75) is 20.0 Å². The summed E-state index contributed by atoms with van der Waals surface area (Å²) in [6.07, 6.45) is 0. The summed E-state index contributed by atoms with van der Waals surface area (Å²) in [4.78, 5) is 8.47. The van der Waals surface area contributed by atoms with Crippen LogP contribution in [0.25, 0.3) is 0 Å². The molecule has 0 radical (unpaired) electrons. The normalized spacial score (nSPS) is 11.4. The molecule has 0 amide bonds. The number of aromatic nitrogens is 1. The van der Waals surface area contributed by atoms with Gasteiger partial charge in [-0.15, -0.1) is 0 Å². The Morgan fingerprint density at radius 2 is 1.69 bits per heavy atom. The maximum absolute atomic E-state index is 9.90. The molecule has 1 aromatic rings. The summed E-state index contributed by atoms with van der Waals surface area (Å²) >= 11 is 0. The minimum absolute atomic E-state index is 0.316. The van der Waals surface area contributed by atoms with Crippen LogP contribution in [0.2, 0.25) is 0 Å². The quantitative estimate of drug-likeness (QED) is 0.833. The lowest BCUT2D eigenvalue weighted by molar-refractivity contribution is 0.376. The molecular weight excluding hydrogens is 202 g/mol. The lowest BCUT2D eigenvalue weighted by Gasteiger charge is -2.15. The lowest BCUT2D eigenvalue weighted by Crippen LogP contribution is -2.15. The van der Waals surface area contributed by atoms with E-state index >= 15 is 0 Å². The number of pyridine rings is 1. The van der Waals surface area contributed by atoms with Crippen LogP contribution >= 0.6 is 0 Å². The molecule has 0 spiro atoms. The third kappa shape index (κ3) is 3.47. The molecule has 0 unspecified atom stereocenters. The molecule has 0 aliphatic heterocycles. The van der Waals surface area contributed by atoms with Crippen LogP contribution in [0.15, 0.2) is 6.07 Å². The van der Waals surface area contributed by atoms with Gasteiger partial charge in [0.05, 0.1) is 11.4 Å². The number of nitrogens with zero attached hydrogens (tertiary/aromatic N) is 3. The highest BCUT2D eigenvalue weighted by Crippen LogP contribution is 2.22. The van der Waals surface area contributed by atoms with Crippen LogP contribution in [0.4, 0.5) is 0 Å². The standard InChI is InChI=1S/C12H21N3O/c1-9-12(16)10(7-14(2)3)6-11(13-9)8-15(4)5/h6,16H,7-8H2,1-5H3. The number of aromatic hydroxyl groups is 1. The molecule has 1 N–H and O–H groups in total. The highest BCUT2D eigenvalue weighted by molar-refractivity contribution is 5.37. The smallest absolute Gasteiger partial charge is 0.141 e. The molecule has 16 heavy (non-hydrogen) atoms. The zero-order valence-corrected chi connectivity index (χ0v) is 10.8. The van der Waals surface area contributed by atoms with Crippen molar-refractivity contribution in [2.24, 2.45) is 0 Å². The SMILES string of the molecule is Cc1nc(CN(C)C)cc(CN(C)C)c1O. The van der Waals surface area contributed by atoms with Crippen molar-refractivity contribution in [3.05, 3.63) is 23.0 Å². The van der Waals surface area contributed by atoms with Gasteiger partial charge in [0.2, 0.25) is 0 Å². The molecule has 0 aliphatic carbocycles. The monoisotopic (exact) mass is 223 g/mol. The number of aryl methyl sites for hydroxylation is 1. The van der Waals surface area contributed by atoms with E-state index < -0.39 is 0 Å². The molecule has 0 saturated carbocycles. The van der Waals surface area contributed by atoms with Crippen molar-refractivity contribution in [3.63, 3.8) is 0 Å². The summed E-state index contributed by atoms with van der Waals surface area (Å²) in [7, 11) is 7.99. The summed E-state index contributed by atoms with van der Waals surface area (Å²) < 4.78 is 0. The van der Waals surface area contributed by atoms with Crippen molar-refractivity contribution >= 4 is 0 Å². The molecule has 0 aliphatic rings. The fraction of sp³-hybridized carbons (Fsp3) is 0.583. The van der Waals surface area contributed by atoms with E-state index in [-0.39, 0.29) is 0 Å². The Bertz CT molecular complexity index is 362. The van der Waals surface area contributed by atoms with E-state index in [9.17, 15) is 5.11 Å². The van der Waals surface area contributed by atoms with E-state index in [1.165, 1.54) is 0 Å². The van der Waals surface area contributed by atoms with Crippen molar-refractivity contribution in [2.75, 3.05) is 28.2 Å². The zero-order valence-electron chi connectivity index (χ0n) is 10.8. The van der Waals surface area contributed by atoms with Gasteiger partial charge in [0.25, 0.3) is 0 Å². The molecule has 0 bridgehead atoms. The second-order valence-electron chi connectivity index (χ2n) is 4.68. The van der Waals surface area contributed by atoms with E-state index in [1.807, 2.05) is 46.1 Å². The van der Waals surface area contributed by atoms with Crippen LogP contribution < -0.4 is 0 Å². The Kier molecular flexibility index (Phi) is 4.26. The molecular formula is C12H21N3O. The molecule has 0 atom stereocenters. The second-order valence-corrected chi connectivity index (χ2v) is 4.68. The van der Waals surface area contributed by atoms with Gasteiger partial charge in [0, 0.05) is 18.7 Å². The predicted octanol–water partition coefficient (Wildman–Crippen LogP) is 1.22. The Hall–Kier alpha value is -1.13. The van der Waals surface area contributed by atoms with Gasteiger partial charge in [-0.1, -0.05) is 0 Å². The van der Waals surface area contributed by atoms with Gasteiger partial charge in [-0.05, 0) is 41.2 Å². The third-order valence-electron chi connectivity index (χ3n) is 2.26. The number of rotatable bonds is 4. The van der Waals surface area contributed by atoms with Gasteiger partial charge in [-0.2, -0.15) is 0 Å². The van der Waals surface area contributed by atoms with Crippen molar-refractivity contribution in [1.82, 2.24) is 14.8 Å². The Morgan fingerprint density at radius 3 is 2.19 bits per heavy atom. The highest BCUT2D eigenvalue weighted by Gasteiger charge is 2.09. The summed E-state index contributed by atoms with van der Waals surface area (Å²) in [5.41, 5.74) is 2.64. The van der Waals surface area contributed by atoms with Crippen molar-refractivity contribution < 1.29 is 5.11 Å². The van der Waals surface area contributed by atoms with Gasteiger partial charge in [0.1, 0.15) is 5.75 Å². The lowest BCUT2D eigenvalue weighted by atomic mass is 10.1. The van der Waals surface area contributed by atoms with Gasteiger partial charge in [-0.25, -0.2) is 0 Å². The maximum Gasteiger partial charge on any atom is 0.141 e. The molecule has 1 rings (SSSR count). The molecule has 0 saturated heterocycles. The van der Waals surface area contributed by atoms with E-state index in [2.05, 4.69) is 9.88 Å². The first kappa shape index (κ1) is 12.9. The van der Waals surface area contributed by atoms with Gasteiger partial charge in [0.15, 0.2) is 0 Å². The Balaban J connectivity index is 3.01. The summed E-state index contributed by atoms with van der Waals surface area (Å²) in [6.45, 7) is 3.37. The molecule has 4 heteroatoms. The maximum atomic E-state index is 9.90. The van der Waals surface area contributed by atoms with Crippen LogP contribution in [0, 0.1) is 6.92 Å². The van der Waals surface area contributed by atoms with Crippen LogP contribution in [0.5, 0.6) is 5.75 Å². The fourth-order valence-electron chi connectivity index (χ4n) is 1.67. The van der Waals surface area contributed by atoms with E-state index in [0.29, 0.717) is 11.4 Å². The minimum Gasteiger partial charge on any atom is -0.506 e.